The van der Waals surface area contributed by atoms with Crippen molar-refractivity contribution in [3.8, 4) is 0 Å². The lowest BCUT2D eigenvalue weighted by Crippen LogP contribution is -2.42. The van der Waals surface area contributed by atoms with Gasteiger partial charge < -0.3 is 47.7 Å². The summed E-state index contributed by atoms with van der Waals surface area (Å²) in [6.07, 6.45) is -2.76. The molecule has 3 aliphatic rings. The number of aliphatic hydroxyl groups excluding tert-OH is 1. The first-order valence-electron chi connectivity index (χ1n) is 12.5. The van der Waals surface area contributed by atoms with Crippen molar-refractivity contribution >= 4 is 18.5 Å². The standard InChI is InChI=1S/C24H38O13/c1-23(2,33-13-18-12-31-21(27)36-18)7-16(25)10-29-8-15(5-6-17-11-30-20(26)35-17)9-34-24(3,4)19-14-32-22(28)37-19/h15-19,25H,5-14H2,1-4H3. The zero-order valence-electron chi connectivity index (χ0n) is 21.8. The number of hydrogen-bond acceptors (Lipinski definition) is 13. The van der Waals surface area contributed by atoms with E-state index in [4.69, 9.17) is 42.6 Å². The lowest BCUT2D eigenvalue weighted by atomic mass is 9.99. The van der Waals surface area contributed by atoms with Gasteiger partial charge in [0.2, 0.25) is 0 Å². The molecule has 0 bridgehead atoms. The van der Waals surface area contributed by atoms with Gasteiger partial charge in [-0.2, -0.15) is 0 Å². The predicted molar refractivity (Wildman–Crippen MR) is 123 cm³/mol. The van der Waals surface area contributed by atoms with Crippen molar-refractivity contribution in [3.05, 3.63) is 0 Å². The largest absolute Gasteiger partial charge is 0.508 e. The Bertz CT molecular complexity index is 783. The molecule has 0 spiro atoms. The fourth-order valence-corrected chi connectivity index (χ4v) is 4.06. The van der Waals surface area contributed by atoms with Gasteiger partial charge in [-0.25, -0.2) is 14.4 Å². The highest BCUT2D eigenvalue weighted by Crippen LogP contribution is 2.26. The molecule has 13 nitrogen and oxygen atoms in total. The fourth-order valence-electron chi connectivity index (χ4n) is 4.06. The van der Waals surface area contributed by atoms with Crippen molar-refractivity contribution in [2.45, 2.75) is 82.6 Å². The first-order valence-corrected chi connectivity index (χ1v) is 12.5. The van der Waals surface area contributed by atoms with E-state index in [2.05, 4.69) is 0 Å². The average Bonchev–Trinajstić information content (AvgIpc) is 3.55. The van der Waals surface area contributed by atoms with Gasteiger partial charge in [-0.15, -0.1) is 0 Å². The summed E-state index contributed by atoms with van der Waals surface area (Å²) >= 11 is 0. The van der Waals surface area contributed by atoms with Crippen LogP contribution in [0.4, 0.5) is 14.4 Å². The molecule has 0 amide bonds. The molecule has 0 aliphatic carbocycles. The average molecular weight is 535 g/mol. The Morgan fingerprint density at radius 1 is 0.838 bits per heavy atom. The summed E-state index contributed by atoms with van der Waals surface area (Å²) in [7, 11) is 0. The van der Waals surface area contributed by atoms with Crippen LogP contribution in [-0.4, -0.2) is 105 Å². The Hall–Kier alpha value is -2.35. The Morgan fingerprint density at radius 2 is 1.46 bits per heavy atom. The van der Waals surface area contributed by atoms with Crippen molar-refractivity contribution in [2.24, 2.45) is 5.92 Å². The van der Waals surface area contributed by atoms with Crippen molar-refractivity contribution in [1.29, 1.82) is 0 Å². The summed E-state index contributed by atoms with van der Waals surface area (Å²) in [6.45, 7) is 8.56. The maximum absolute atomic E-state index is 11.3. The van der Waals surface area contributed by atoms with Crippen molar-refractivity contribution in [2.75, 3.05) is 46.2 Å². The van der Waals surface area contributed by atoms with Crippen LogP contribution in [0.25, 0.3) is 0 Å². The van der Waals surface area contributed by atoms with Crippen LogP contribution in [0, 0.1) is 5.92 Å². The molecule has 3 saturated heterocycles. The van der Waals surface area contributed by atoms with Gasteiger partial charge in [0.1, 0.15) is 31.5 Å². The third-order valence-electron chi connectivity index (χ3n) is 6.31. The fraction of sp³-hybridized carbons (Fsp3) is 0.875. The van der Waals surface area contributed by atoms with E-state index >= 15 is 0 Å². The van der Waals surface area contributed by atoms with E-state index in [1.54, 1.807) is 0 Å². The molecule has 0 aromatic rings. The molecule has 13 heteroatoms. The summed E-state index contributed by atoms with van der Waals surface area (Å²) in [5.74, 6) is -0.0925. The molecular weight excluding hydrogens is 496 g/mol. The first-order chi connectivity index (χ1) is 17.4. The molecule has 1 N–H and O–H groups in total. The number of ether oxygens (including phenoxy) is 9. The molecular formula is C24H38O13. The Balaban J connectivity index is 1.42. The van der Waals surface area contributed by atoms with E-state index in [0.717, 1.165) is 0 Å². The summed E-state index contributed by atoms with van der Waals surface area (Å²) in [5.41, 5.74) is -1.47. The van der Waals surface area contributed by atoms with Crippen LogP contribution in [-0.2, 0) is 42.6 Å². The quantitative estimate of drug-likeness (QED) is 0.228. The highest BCUT2D eigenvalue weighted by molar-refractivity contribution is 5.62. The van der Waals surface area contributed by atoms with Crippen molar-refractivity contribution in [1.82, 2.24) is 0 Å². The summed E-state index contributed by atoms with van der Waals surface area (Å²) in [6, 6.07) is 0. The van der Waals surface area contributed by atoms with Gasteiger partial charge in [-0.3, -0.25) is 0 Å². The molecule has 0 aromatic heterocycles. The molecule has 3 rings (SSSR count). The minimum Gasteiger partial charge on any atom is -0.430 e. The van der Waals surface area contributed by atoms with Gasteiger partial charge in [-0.05, 0) is 40.5 Å². The van der Waals surface area contributed by atoms with E-state index in [0.29, 0.717) is 19.3 Å². The summed E-state index contributed by atoms with van der Waals surface area (Å²) in [4.78, 5) is 33.5. The lowest BCUT2D eigenvalue weighted by Gasteiger charge is -2.31. The molecule has 5 atom stereocenters. The van der Waals surface area contributed by atoms with Crippen LogP contribution >= 0.6 is 0 Å². The number of carbonyl (C=O) groups is 3. The highest BCUT2D eigenvalue weighted by atomic mass is 16.8. The van der Waals surface area contributed by atoms with E-state index in [9.17, 15) is 19.5 Å². The number of carbonyl (C=O) groups excluding carboxylic acids is 3. The van der Waals surface area contributed by atoms with E-state index in [1.165, 1.54) is 0 Å². The van der Waals surface area contributed by atoms with Gasteiger partial charge in [-0.1, -0.05) is 0 Å². The Morgan fingerprint density at radius 3 is 2.05 bits per heavy atom. The van der Waals surface area contributed by atoms with E-state index in [1.807, 2.05) is 27.7 Å². The van der Waals surface area contributed by atoms with Gasteiger partial charge in [0.05, 0.1) is 38.1 Å². The van der Waals surface area contributed by atoms with Crippen LogP contribution in [0.3, 0.4) is 0 Å². The highest BCUT2D eigenvalue weighted by Gasteiger charge is 2.40. The van der Waals surface area contributed by atoms with Crippen LogP contribution in [0.2, 0.25) is 0 Å². The van der Waals surface area contributed by atoms with Gasteiger partial charge in [0.15, 0.2) is 12.2 Å². The molecule has 3 heterocycles. The molecule has 0 aromatic carbocycles. The minimum absolute atomic E-state index is 0.0732. The second kappa shape index (κ2) is 12.9. The Labute approximate surface area is 215 Å². The molecule has 37 heavy (non-hydrogen) atoms. The zero-order chi connectivity index (χ0) is 27.1. The summed E-state index contributed by atoms with van der Waals surface area (Å²) in [5, 5.41) is 10.5. The third-order valence-corrected chi connectivity index (χ3v) is 6.31. The monoisotopic (exact) mass is 534 g/mol. The number of cyclic esters (lactones) is 6. The van der Waals surface area contributed by atoms with Crippen LogP contribution in [0.1, 0.15) is 47.0 Å². The zero-order valence-corrected chi connectivity index (χ0v) is 21.8. The van der Waals surface area contributed by atoms with Crippen LogP contribution < -0.4 is 0 Å². The molecule has 5 unspecified atom stereocenters. The SMILES string of the molecule is CC(C)(CC(O)COCC(CCC1COC(=O)O1)COC(C)(C)C1COC(=O)O1)OCC1COC(=O)O1. The topological polar surface area (TPSA) is 155 Å². The van der Waals surface area contributed by atoms with E-state index < -0.39 is 48.0 Å². The first kappa shape index (κ1) is 29.2. The molecule has 0 saturated carbocycles. The van der Waals surface area contributed by atoms with Crippen LogP contribution in [0.5, 0.6) is 0 Å². The smallest absolute Gasteiger partial charge is 0.430 e. The lowest BCUT2D eigenvalue weighted by molar-refractivity contribution is -0.112. The number of rotatable bonds is 16. The van der Waals surface area contributed by atoms with Gasteiger partial charge in [0, 0.05) is 12.3 Å². The maximum Gasteiger partial charge on any atom is 0.508 e. The number of aliphatic hydroxyl groups is 1. The van der Waals surface area contributed by atoms with Crippen molar-refractivity contribution in [3.63, 3.8) is 0 Å². The van der Waals surface area contributed by atoms with Gasteiger partial charge in [0.25, 0.3) is 0 Å². The normalized spacial score (nSPS) is 25.5. The molecule has 0 radical (unpaired) electrons. The maximum atomic E-state index is 11.3. The second-order valence-electron chi connectivity index (χ2n) is 10.6. The minimum atomic E-state index is -0.797. The third kappa shape index (κ3) is 9.80. The summed E-state index contributed by atoms with van der Waals surface area (Å²) < 4.78 is 47.4. The molecule has 3 fully saturated rings. The van der Waals surface area contributed by atoms with Crippen molar-refractivity contribution < 1.29 is 62.1 Å². The molecule has 3 aliphatic heterocycles. The predicted octanol–water partition coefficient (Wildman–Crippen LogP) is 2.35. The second-order valence-corrected chi connectivity index (χ2v) is 10.6. The van der Waals surface area contributed by atoms with E-state index in [-0.39, 0.29) is 58.3 Å². The molecule has 212 valence electrons. The van der Waals surface area contributed by atoms with Gasteiger partial charge >= 0.3 is 18.5 Å². The Kier molecular flexibility index (Phi) is 10.2. The van der Waals surface area contributed by atoms with Crippen LogP contribution in [0.15, 0.2) is 0 Å². The number of hydrogen-bond donors (Lipinski definition) is 1.